The maximum absolute atomic E-state index is 2.19. The zero-order valence-electron chi connectivity index (χ0n) is 9.13. The summed E-state index contributed by atoms with van der Waals surface area (Å²) in [5.74, 6) is 0. The Hall–Kier alpha value is -0.600. The van der Waals surface area contributed by atoms with Gasteiger partial charge in [0.05, 0.1) is 0 Å². The summed E-state index contributed by atoms with van der Waals surface area (Å²) in [5, 5.41) is 2.16. The van der Waals surface area contributed by atoms with Crippen LogP contribution in [0.2, 0.25) is 0 Å². The van der Waals surface area contributed by atoms with Gasteiger partial charge in [-0.15, -0.1) is 22.7 Å². The first kappa shape index (κ1) is 11.5. The zero-order valence-corrected chi connectivity index (χ0v) is 10.8. The first-order chi connectivity index (χ1) is 6.58. The molecule has 0 saturated heterocycles. The highest BCUT2D eigenvalue weighted by Gasteiger charge is 1.85. The molecule has 0 fully saturated rings. The van der Waals surface area contributed by atoms with Crippen LogP contribution in [-0.4, -0.2) is 0 Å². The quantitative estimate of drug-likeness (QED) is 0.607. The third kappa shape index (κ3) is 4.07. The van der Waals surface area contributed by atoms with Gasteiger partial charge in [-0.1, -0.05) is 0 Å². The summed E-state index contributed by atoms with van der Waals surface area (Å²) in [4.78, 5) is 4.20. The molecule has 0 aliphatic heterocycles. The van der Waals surface area contributed by atoms with E-state index in [1.54, 1.807) is 11.3 Å². The van der Waals surface area contributed by atoms with E-state index >= 15 is 0 Å². The monoisotopic (exact) mass is 224 g/mol. The van der Waals surface area contributed by atoms with E-state index in [9.17, 15) is 0 Å². The molecule has 2 aromatic rings. The Morgan fingerprint density at radius 3 is 1.57 bits per heavy atom. The first-order valence-corrected chi connectivity index (χ1v) is 6.32. The average molecular weight is 224 g/mol. The van der Waals surface area contributed by atoms with Gasteiger partial charge >= 0.3 is 0 Å². The number of aryl methyl sites for hydroxylation is 4. The predicted octanol–water partition coefficient (Wildman–Crippen LogP) is 4.73. The smallest absolute Gasteiger partial charge is 0.00170 e. The minimum Gasteiger partial charge on any atom is -0.149 e. The highest BCUT2D eigenvalue weighted by atomic mass is 32.1. The van der Waals surface area contributed by atoms with Crippen LogP contribution in [-0.2, 0) is 0 Å². The second-order valence-corrected chi connectivity index (χ2v) is 6.00. The molecular formula is C12H16S2. The number of hydrogen-bond donors (Lipinski definition) is 0. The maximum atomic E-state index is 2.19. The lowest BCUT2D eigenvalue weighted by Crippen LogP contribution is -1.53. The normalized spacial score (nSPS) is 9.43. The molecule has 0 aliphatic carbocycles. The lowest BCUT2D eigenvalue weighted by atomic mass is 10.4. The molecule has 76 valence electrons. The van der Waals surface area contributed by atoms with Crippen LogP contribution in [0.1, 0.15) is 20.2 Å². The van der Waals surface area contributed by atoms with Gasteiger partial charge in [0.1, 0.15) is 0 Å². The number of hydrogen-bond acceptors (Lipinski definition) is 2. The summed E-state index contributed by atoms with van der Waals surface area (Å²) in [5.41, 5.74) is 1.38. The van der Waals surface area contributed by atoms with E-state index in [4.69, 9.17) is 0 Å². The van der Waals surface area contributed by atoms with Gasteiger partial charge in [-0.3, -0.25) is 0 Å². The van der Waals surface area contributed by atoms with Crippen molar-refractivity contribution in [2.45, 2.75) is 27.7 Å². The predicted molar refractivity (Wildman–Crippen MR) is 67.6 cm³/mol. The Balaban J connectivity index is 0.000000140. The third-order valence-corrected chi connectivity index (χ3v) is 3.63. The number of thiophene rings is 2. The molecule has 0 aliphatic rings. The van der Waals surface area contributed by atoms with Gasteiger partial charge in [0, 0.05) is 14.6 Å². The zero-order chi connectivity index (χ0) is 10.6. The van der Waals surface area contributed by atoms with Crippen LogP contribution in [0.15, 0.2) is 23.6 Å². The van der Waals surface area contributed by atoms with Crippen molar-refractivity contribution in [1.29, 1.82) is 0 Å². The molecule has 2 heterocycles. The van der Waals surface area contributed by atoms with E-state index in [2.05, 4.69) is 51.3 Å². The molecule has 2 rings (SSSR count). The Bertz CT molecular complexity index is 311. The highest BCUT2D eigenvalue weighted by molar-refractivity contribution is 7.11. The van der Waals surface area contributed by atoms with Crippen LogP contribution in [0.25, 0.3) is 0 Å². The van der Waals surface area contributed by atoms with Gasteiger partial charge in [-0.2, -0.15) is 0 Å². The van der Waals surface area contributed by atoms with E-state index in [1.807, 2.05) is 11.3 Å². The van der Waals surface area contributed by atoms with Crippen molar-refractivity contribution < 1.29 is 0 Å². The van der Waals surface area contributed by atoms with Crippen molar-refractivity contribution in [2.24, 2.45) is 0 Å². The molecule has 0 unspecified atom stereocenters. The molecule has 0 amide bonds. The Morgan fingerprint density at radius 1 is 0.857 bits per heavy atom. The minimum absolute atomic E-state index is 1.38. The van der Waals surface area contributed by atoms with Crippen molar-refractivity contribution in [1.82, 2.24) is 0 Å². The molecule has 0 saturated carbocycles. The molecule has 0 aromatic carbocycles. The van der Waals surface area contributed by atoms with Gasteiger partial charge in [0.25, 0.3) is 0 Å². The van der Waals surface area contributed by atoms with Gasteiger partial charge in [-0.05, 0) is 56.8 Å². The summed E-state index contributed by atoms with van der Waals surface area (Å²) < 4.78 is 0. The highest BCUT2D eigenvalue weighted by Crippen LogP contribution is 2.12. The van der Waals surface area contributed by atoms with Crippen molar-refractivity contribution in [3.8, 4) is 0 Å². The summed E-state index contributed by atoms with van der Waals surface area (Å²) in [6.45, 7) is 8.48. The SMILES string of the molecule is Cc1ccc(C)s1.Cc1csc(C)c1. The van der Waals surface area contributed by atoms with Crippen LogP contribution in [0.4, 0.5) is 0 Å². The minimum atomic E-state index is 1.38. The topological polar surface area (TPSA) is 0 Å². The summed E-state index contributed by atoms with van der Waals surface area (Å²) in [7, 11) is 0. The van der Waals surface area contributed by atoms with Crippen LogP contribution < -0.4 is 0 Å². The molecule has 0 N–H and O–H groups in total. The largest absolute Gasteiger partial charge is 0.149 e. The van der Waals surface area contributed by atoms with Gasteiger partial charge in [0.2, 0.25) is 0 Å². The van der Waals surface area contributed by atoms with E-state index in [-0.39, 0.29) is 0 Å². The fourth-order valence-corrected chi connectivity index (χ4v) is 2.61. The summed E-state index contributed by atoms with van der Waals surface area (Å²) in [6.07, 6.45) is 0. The molecule has 2 heteroatoms. The van der Waals surface area contributed by atoms with E-state index in [0.717, 1.165) is 0 Å². The lowest BCUT2D eigenvalue weighted by molar-refractivity contribution is 1.51. The second kappa shape index (κ2) is 5.32. The maximum Gasteiger partial charge on any atom is 0.00170 e. The molecule has 0 spiro atoms. The van der Waals surface area contributed by atoms with Crippen LogP contribution in [0, 0.1) is 27.7 Å². The summed E-state index contributed by atoms with van der Waals surface area (Å²) in [6, 6.07) is 6.46. The first-order valence-electron chi connectivity index (χ1n) is 4.62. The van der Waals surface area contributed by atoms with E-state index in [1.165, 1.54) is 20.2 Å². The second-order valence-electron chi connectivity index (χ2n) is 3.39. The van der Waals surface area contributed by atoms with Gasteiger partial charge in [-0.25, -0.2) is 0 Å². The Morgan fingerprint density at radius 2 is 1.43 bits per heavy atom. The standard InChI is InChI=1S/2C6H8S/c1-5-3-6(2)7-4-5;1-5-3-4-6(2)7-5/h2*3-4H,1-2H3. The van der Waals surface area contributed by atoms with E-state index in [0.29, 0.717) is 0 Å². The van der Waals surface area contributed by atoms with Gasteiger partial charge < -0.3 is 0 Å². The summed E-state index contributed by atoms with van der Waals surface area (Å²) >= 11 is 3.65. The fourth-order valence-electron chi connectivity index (χ4n) is 1.13. The third-order valence-electron chi connectivity index (χ3n) is 1.74. The van der Waals surface area contributed by atoms with Crippen molar-refractivity contribution in [2.75, 3.05) is 0 Å². The Kier molecular flexibility index (Phi) is 4.36. The molecule has 2 aromatic heterocycles. The van der Waals surface area contributed by atoms with E-state index < -0.39 is 0 Å². The molecular weight excluding hydrogens is 208 g/mol. The molecule has 14 heavy (non-hydrogen) atoms. The van der Waals surface area contributed by atoms with Crippen molar-refractivity contribution in [3.63, 3.8) is 0 Å². The van der Waals surface area contributed by atoms with Crippen LogP contribution in [0.3, 0.4) is 0 Å². The number of rotatable bonds is 0. The molecule has 0 nitrogen and oxygen atoms in total. The van der Waals surface area contributed by atoms with Gasteiger partial charge in [0.15, 0.2) is 0 Å². The fraction of sp³-hybridized carbons (Fsp3) is 0.333. The Labute approximate surface area is 94.2 Å². The van der Waals surface area contributed by atoms with Crippen molar-refractivity contribution >= 4 is 22.7 Å². The van der Waals surface area contributed by atoms with Crippen molar-refractivity contribution in [3.05, 3.63) is 43.8 Å². The lowest BCUT2D eigenvalue weighted by Gasteiger charge is -1.71. The average Bonchev–Trinajstić information content (AvgIpc) is 2.63. The molecule has 0 radical (unpaired) electrons. The molecule has 0 bridgehead atoms. The molecule has 0 atom stereocenters. The van der Waals surface area contributed by atoms with Crippen LogP contribution in [0.5, 0.6) is 0 Å². The van der Waals surface area contributed by atoms with Crippen LogP contribution >= 0.6 is 22.7 Å².